The molecule has 1 aliphatic carbocycles. The summed E-state index contributed by atoms with van der Waals surface area (Å²) in [6.07, 6.45) is 4.44. The van der Waals surface area contributed by atoms with Gasteiger partial charge in [-0.15, -0.1) is 0 Å². The predicted octanol–water partition coefficient (Wildman–Crippen LogP) is 2.83. The zero-order chi connectivity index (χ0) is 11.3. The van der Waals surface area contributed by atoms with Crippen LogP contribution in [0.25, 0.3) is 0 Å². The summed E-state index contributed by atoms with van der Waals surface area (Å²) in [6, 6.07) is 0. The van der Waals surface area contributed by atoms with Crippen LogP contribution >= 0.6 is 24.0 Å². The van der Waals surface area contributed by atoms with E-state index in [1.165, 1.54) is 11.8 Å². The Morgan fingerprint density at radius 3 is 2.53 bits per heavy atom. The molecule has 0 radical (unpaired) electrons. The van der Waals surface area contributed by atoms with Crippen LogP contribution in [0.5, 0.6) is 0 Å². The second-order valence-electron chi connectivity index (χ2n) is 3.65. The summed E-state index contributed by atoms with van der Waals surface area (Å²) in [4.78, 5) is 11.3. The molecule has 0 atom stereocenters. The molecule has 0 spiro atoms. The third-order valence-corrected chi connectivity index (χ3v) is 4.22. The Labute approximate surface area is 99.6 Å². The number of carboxylic acids is 1. The maximum absolute atomic E-state index is 11.3. The van der Waals surface area contributed by atoms with E-state index in [2.05, 4.69) is 0 Å². The molecular formula is C10H16O3S2. The van der Waals surface area contributed by atoms with E-state index in [1.54, 1.807) is 0 Å². The maximum atomic E-state index is 11.3. The molecular weight excluding hydrogens is 232 g/mol. The number of carboxylic acid groups (broad SMARTS) is 1. The fraction of sp³-hybridized carbons (Fsp3) is 0.800. The van der Waals surface area contributed by atoms with E-state index in [0.29, 0.717) is 23.8 Å². The highest BCUT2D eigenvalue weighted by Crippen LogP contribution is 2.41. The van der Waals surface area contributed by atoms with Gasteiger partial charge in [-0.2, -0.15) is 0 Å². The lowest BCUT2D eigenvalue weighted by atomic mass is 9.88. The Morgan fingerprint density at radius 1 is 1.47 bits per heavy atom. The number of ether oxygens (including phenoxy) is 1. The van der Waals surface area contributed by atoms with Crippen molar-refractivity contribution in [1.29, 1.82) is 0 Å². The minimum Gasteiger partial charge on any atom is -0.480 e. The van der Waals surface area contributed by atoms with Gasteiger partial charge in [-0.1, -0.05) is 31.0 Å². The molecule has 86 valence electrons. The zero-order valence-electron chi connectivity index (χ0n) is 8.82. The smallest absolute Gasteiger partial charge is 0.320 e. The summed E-state index contributed by atoms with van der Waals surface area (Å²) in [6.45, 7) is 2.35. The van der Waals surface area contributed by atoms with Gasteiger partial charge in [-0.3, -0.25) is 4.79 Å². The first-order chi connectivity index (χ1) is 7.10. The summed E-state index contributed by atoms with van der Waals surface area (Å²) >= 11 is 6.21. The van der Waals surface area contributed by atoms with Crippen LogP contribution < -0.4 is 0 Å². The second-order valence-corrected chi connectivity index (χ2v) is 5.63. The quantitative estimate of drug-likeness (QED) is 0.778. The highest BCUT2D eigenvalue weighted by Gasteiger charge is 2.41. The van der Waals surface area contributed by atoms with Crippen molar-refractivity contribution in [2.75, 3.05) is 6.61 Å². The van der Waals surface area contributed by atoms with Crippen LogP contribution in [-0.4, -0.2) is 26.8 Å². The number of rotatable bonds is 3. The van der Waals surface area contributed by atoms with Gasteiger partial charge in [0.25, 0.3) is 0 Å². The van der Waals surface area contributed by atoms with Gasteiger partial charge < -0.3 is 9.84 Å². The normalized spacial score (nSPS) is 19.5. The van der Waals surface area contributed by atoms with E-state index < -0.39 is 10.7 Å². The average molecular weight is 248 g/mol. The molecule has 5 heteroatoms. The van der Waals surface area contributed by atoms with Crippen molar-refractivity contribution < 1.29 is 14.6 Å². The molecule has 1 fully saturated rings. The van der Waals surface area contributed by atoms with Crippen molar-refractivity contribution in [1.82, 2.24) is 0 Å². The van der Waals surface area contributed by atoms with Crippen LogP contribution in [0.15, 0.2) is 0 Å². The molecule has 0 aliphatic heterocycles. The van der Waals surface area contributed by atoms with Crippen LogP contribution in [0, 0.1) is 0 Å². The monoisotopic (exact) mass is 248 g/mol. The van der Waals surface area contributed by atoms with Crippen molar-refractivity contribution in [3.63, 3.8) is 0 Å². The van der Waals surface area contributed by atoms with Crippen LogP contribution in [0.3, 0.4) is 0 Å². The molecule has 1 N–H and O–H groups in total. The third-order valence-electron chi connectivity index (χ3n) is 2.59. The maximum Gasteiger partial charge on any atom is 0.320 e. The standard InChI is InChI=1S/C10H16O3S2/c1-2-13-9(14)15-10(8(11)12)6-4-3-5-7-10/h2-7H2,1H3,(H,11,12). The highest BCUT2D eigenvalue weighted by atomic mass is 32.2. The highest BCUT2D eigenvalue weighted by molar-refractivity contribution is 8.23. The first-order valence-corrected chi connectivity index (χ1v) is 6.42. The molecule has 0 bridgehead atoms. The number of thioether (sulfide) groups is 1. The molecule has 0 amide bonds. The second kappa shape index (κ2) is 5.70. The summed E-state index contributed by atoms with van der Waals surface area (Å²) in [5.41, 5.74) is 0. The Hall–Kier alpha value is -0.290. The first-order valence-electron chi connectivity index (χ1n) is 5.20. The predicted molar refractivity (Wildman–Crippen MR) is 65.3 cm³/mol. The SMILES string of the molecule is CCOC(=S)SC1(C(=O)O)CCCCC1. The van der Waals surface area contributed by atoms with Gasteiger partial charge in [0.05, 0.1) is 6.61 Å². The van der Waals surface area contributed by atoms with Crippen LogP contribution in [0.4, 0.5) is 0 Å². The van der Waals surface area contributed by atoms with Gasteiger partial charge >= 0.3 is 5.97 Å². The fourth-order valence-corrected chi connectivity index (χ4v) is 3.46. The van der Waals surface area contributed by atoms with Gasteiger partial charge in [-0.05, 0) is 32.0 Å². The van der Waals surface area contributed by atoms with Crippen molar-refractivity contribution in [2.24, 2.45) is 0 Å². The fourth-order valence-electron chi connectivity index (χ4n) is 1.79. The lowest BCUT2D eigenvalue weighted by molar-refractivity contribution is -0.140. The van der Waals surface area contributed by atoms with Crippen molar-refractivity contribution in [3.8, 4) is 0 Å². The molecule has 0 saturated heterocycles. The number of hydrogen-bond donors (Lipinski definition) is 1. The van der Waals surface area contributed by atoms with Gasteiger partial charge in [0, 0.05) is 0 Å². The molecule has 0 heterocycles. The minimum absolute atomic E-state index is 0.363. The number of hydrogen-bond acceptors (Lipinski definition) is 4. The lowest BCUT2D eigenvalue weighted by Gasteiger charge is -2.31. The van der Waals surface area contributed by atoms with Crippen molar-refractivity contribution >= 4 is 34.3 Å². The molecule has 0 aromatic rings. The summed E-state index contributed by atoms with van der Waals surface area (Å²) < 4.78 is 4.78. The van der Waals surface area contributed by atoms with Crippen molar-refractivity contribution in [3.05, 3.63) is 0 Å². The summed E-state index contributed by atoms with van der Waals surface area (Å²) in [5, 5.41) is 9.27. The molecule has 0 aromatic heterocycles. The largest absolute Gasteiger partial charge is 0.480 e. The average Bonchev–Trinajstić information content (AvgIpc) is 2.19. The molecule has 0 unspecified atom stereocenters. The third kappa shape index (κ3) is 3.34. The molecule has 0 aromatic carbocycles. The van der Waals surface area contributed by atoms with Crippen LogP contribution in [-0.2, 0) is 9.53 Å². The van der Waals surface area contributed by atoms with E-state index in [4.69, 9.17) is 17.0 Å². The Bertz CT molecular complexity index is 247. The Morgan fingerprint density at radius 2 is 2.07 bits per heavy atom. The zero-order valence-corrected chi connectivity index (χ0v) is 10.5. The molecule has 15 heavy (non-hydrogen) atoms. The molecule has 1 aliphatic rings. The van der Waals surface area contributed by atoms with Gasteiger partial charge in [0.2, 0.25) is 4.38 Å². The van der Waals surface area contributed by atoms with E-state index in [9.17, 15) is 9.90 Å². The van der Waals surface area contributed by atoms with Gasteiger partial charge in [0.1, 0.15) is 4.75 Å². The van der Waals surface area contributed by atoms with Crippen LogP contribution in [0.2, 0.25) is 0 Å². The first kappa shape index (κ1) is 12.8. The topological polar surface area (TPSA) is 46.5 Å². The van der Waals surface area contributed by atoms with Crippen molar-refractivity contribution in [2.45, 2.75) is 43.8 Å². The molecule has 1 rings (SSSR count). The van der Waals surface area contributed by atoms with E-state index >= 15 is 0 Å². The minimum atomic E-state index is -0.755. The number of thiocarbonyl (C=S) groups is 1. The Kier molecular flexibility index (Phi) is 4.86. The van der Waals surface area contributed by atoms with Gasteiger partial charge in [-0.25, -0.2) is 0 Å². The van der Waals surface area contributed by atoms with E-state index in [1.807, 2.05) is 6.92 Å². The van der Waals surface area contributed by atoms with Gasteiger partial charge in [0.15, 0.2) is 0 Å². The van der Waals surface area contributed by atoms with E-state index in [0.717, 1.165) is 19.3 Å². The lowest BCUT2D eigenvalue weighted by Crippen LogP contribution is -2.38. The summed E-state index contributed by atoms with van der Waals surface area (Å²) in [5.74, 6) is -0.755. The van der Waals surface area contributed by atoms with E-state index in [-0.39, 0.29) is 0 Å². The van der Waals surface area contributed by atoms with Crippen LogP contribution in [0.1, 0.15) is 39.0 Å². The number of carbonyl (C=O) groups is 1. The number of aliphatic carboxylic acids is 1. The Balaban J connectivity index is 2.64. The summed E-state index contributed by atoms with van der Waals surface area (Å²) in [7, 11) is 0. The molecule has 3 nitrogen and oxygen atoms in total. The molecule has 1 saturated carbocycles.